The Balaban J connectivity index is 1.59. The molecule has 0 spiro atoms. The zero-order chi connectivity index (χ0) is 27.6. The minimum atomic E-state index is -0.522. The van der Waals surface area contributed by atoms with E-state index in [1.54, 1.807) is 6.08 Å². The summed E-state index contributed by atoms with van der Waals surface area (Å²) in [5.41, 5.74) is 7.14. The maximum atomic E-state index is 13.8. The van der Waals surface area contributed by atoms with Gasteiger partial charge in [0, 0.05) is 11.3 Å². The third-order valence-electron chi connectivity index (χ3n) is 6.86. The fourth-order valence-corrected chi connectivity index (χ4v) is 5.22. The highest BCUT2D eigenvalue weighted by atomic mass is 32.1. The standard InChI is InChI=1S/C34H25N3O2S/c1-23-17-19-28(20-18-23)37-33(39)29(32(38)35-34(37)40)21-26-22-30(24-11-5-2-6-12-24)36(27-15-9-4-10-16-27)31(26)25-13-7-3-8-14-25/h2-22H,1H3,(H,35,38,40)/b29-21+. The van der Waals surface area contributed by atoms with Crippen LogP contribution in [0.25, 0.3) is 34.3 Å². The molecule has 2 amide bonds. The SMILES string of the molecule is Cc1ccc(N2C(=O)/C(=C/c3cc(-c4ccccc4)n(-c4ccccc4)c3-c3ccccc3)C(=O)NC2=S)cc1. The van der Waals surface area contributed by atoms with Crippen molar-refractivity contribution in [2.75, 3.05) is 4.90 Å². The van der Waals surface area contributed by atoms with E-state index in [1.165, 1.54) is 4.90 Å². The third-order valence-corrected chi connectivity index (χ3v) is 7.14. The predicted molar refractivity (Wildman–Crippen MR) is 164 cm³/mol. The fraction of sp³-hybridized carbons (Fsp3) is 0.0294. The Morgan fingerprint density at radius 3 is 1.90 bits per heavy atom. The minimum Gasteiger partial charge on any atom is -0.309 e. The number of aryl methyl sites for hydroxylation is 1. The van der Waals surface area contributed by atoms with E-state index in [4.69, 9.17) is 12.2 Å². The van der Waals surface area contributed by atoms with Crippen LogP contribution in [0.5, 0.6) is 0 Å². The maximum Gasteiger partial charge on any atom is 0.270 e. The van der Waals surface area contributed by atoms with Gasteiger partial charge in [0.2, 0.25) is 0 Å². The molecule has 5 nitrogen and oxygen atoms in total. The summed E-state index contributed by atoms with van der Waals surface area (Å²) in [6.07, 6.45) is 1.68. The summed E-state index contributed by atoms with van der Waals surface area (Å²) in [4.78, 5) is 28.4. The molecule has 1 aromatic heterocycles. The highest BCUT2D eigenvalue weighted by molar-refractivity contribution is 7.80. The molecule has 1 aliphatic heterocycles. The summed E-state index contributed by atoms with van der Waals surface area (Å²) < 4.78 is 2.17. The monoisotopic (exact) mass is 539 g/mol. The lowest BCUT2D eigenvalue weighted by Crippen LogP contribution is -2.54. The van der Waals surface area contributed by atoms with Gasteiger partial charge >= 0.3 is 0 Å². The van der Waals surface area contributed by atoms with E-state index in [2.05, 4.69) is 22.0 Å². The van der Waals surface area contributed by atoms with Crippen LogP contribution in [0.3, 0.4) is 0 Å². The fourth-order valence-electron chi connectivity index (χ4n) is 4.94. The molecule has 0 bridgehead atoms. The van der Waals surface area contributed by atoms with E-state index in [1.807, 2.05) is 116 Å². The lowest BCUT2D eigenvalue weighted by molar-refractivity contribution is -0.122. The number of nitrogens with zero attached hydrogens (tertiary/aromatic N) is 2. The second kappa shape index (κ2) is 10.6. The lowest BCUT2D eigenvalue weighted by atomic mass is 10.0. The van der Waals surface area contributed by atoms with E-state index in [0.717, 1.165) is 39.3 Å². The normalized spacial score (nSPS) is 14.5. The number of anilines is 1. The van der Waals surface area contributed by atoms with E-state index in [-0.39, 0.29) is 10.7 Å². The quantitative estimate of drug-likeness (QED) is 0.149. The van der Waals surface area contributed by atoms with E-state index in [0.29, 0.717) is 5.69 Å². The van der Waals surface area contributed by atoms with Crippen molar-refractivity contribution in [2.24, 2.45) is 0 Å². The number of aromatic nitrogens is 1. The Bertz CT molecular complexity index is 1760. The molecule has 194 valence electrons. The summed E-state index contributed by atoms with van der Waals surface area (Å²) in [7, 11) is 0. The number of amides is 2. The highest BCUT2D eigenvalue weighted by Gasteiger charge is 2.35. The first-order valence-electron chi connectivity index (χ1n) is 12.9. The molecule has 0 atom stereocenters. The van der Waals surface area contributed by atoms with Gasteiger partial charge in [-0.15, -0.1) is 0 Å². The summed E-state index contributed by atoms with van der Waals surface area (Å²) in [5, 5.41) is 2.77. The molecule has 1 N–H and O–H groups in total. The smallest absolute Gasteiger partial charge is 0.270 e. The topological polar surface area (TPSA) is 54.3 Å². The van der Waals surface area contributed by atoms with Crippen molar-refractivity contribution in [3.63, 3.8) is 0 Å². The second-order valence-electron chi connectivity index (χ2n) is 9.53. The molecule has 5 aromatic rings. The number of para-hydroxylation sites is 1. The van der Waals surface area contributed by atoms with Gasteiger partial charge in [-0.25, -0.2) is 0 Å². The van der Waals surface area contributed by atoms with Crippen molar-refractivity contribution in [3.05, 3.63) is 138 Å². The molecule has 1 saturated heterocycles. The van der Waals surface area contributed by atoms with Crippen LogP contribution in [-0.4, -0.2) is 21.5 Å². The van der Waals surface area contributed by atoms with Crippen LogP contribution < -0.4 is 10.2 Å². The second-order valence-corrected chi connectivity index (χ2v) is 9.92. The van der Waals surface area contributed by atoms with E-state index < -0.39 is 11.8 Å². The molecule has 0 unspecified atom stereocenters. The third kappa shape index (κ3) is 4.65. The van der Waals surface area contributed by atoms with Crippen molar-refractivity contribution in [2.45, 2.75) is 6.92 Å². The summed E-state index contributed by atoms with van der Waals surface area (Å²) >= 11 is 5.41. The van der Waals surface area contributed by atoms with Crippen LogP contribution in [0.2, 0.25) is 0 Å². The Morgan fingerprint density at radius 1 is 0.700 bits per heavy atom. The first-order valence-corrected chi connectivity index (χ1v) is 13.3. The molecule has 0 aliphatic carbocycles. The highest BCUT2D eigenvalue weighted by Crippen LogP contribution is 2.37. The first kappa shape index (κ1) is 25.2. The summed E-state index contributed by atoms with van der Waals surface area (Å²) in [6.45, 7) is 1.97. The maximum absolute atomic E-state index is 13.8. The molecule has 0 saturated carbocycles. The zero-order valence-electron chi connectivity index (χ0n) is 21.7. The van der Waals surface area contributed by atoms with Gasteiger partial charge in [0.15, 0.2) is 5.11 Å². The Labute approximate surface area is 238 Å². The number of carbonyl (C=O) groups is 2. The molecule has 1 aliphatic rings. The Morgan fingerprint density at radius 2 is 1.27 bits per heavy atom. The molecule has 6 rings (SSSR count). The summed E-state index contributed by atoms with van der Waals surface area (Å²) in [5.74, 6) is -0.989. The zero-order valence-corrected chi connectivity index (χ0v) is 22.6. The predicted octanol–water partition coefficient (Wildman–Crippen LogP) is 6.95. The van der Waals surface area contributed by atoms with Gasteiger partial charge in [-0.05, 0) is 66.7 Å². The molecule has 40 heavy (non-hydrogen) atoms. The lowest BCUT2D eigenvalue weighted by Gasteiger charge is -2.29. The average Bonchev–Trinajstić information content (AvgIpc) is 3.37. The number of nitrogens with one attached hydrogen (secondary N) is 1. The van der Waals surface area contributed by atoms with Gasteiger partial charge in [-0.1, -0.05) is 96.6 Å². The number of hydrogen-bond acceptors (Lipinski definition) is 3. The molecule has 6 heteroatoms. The largest absolute Gasteiger partial charge is 0.309 e. The van der Waals surface area contributed by atoms with Crippen molar-refractivity contribution >= 4 is 40.9 Å². The molecular formula is C34H25N3O2S. The van der Waals surface area contributed by atoms with Gasteiger partial charge in [0.1, 0.15) is 5.57 Å². The molecule has 4 aromatic carbocycles. The summed E-state index contributed by atoms with van der Waals surface area (Å²) in [6, 6.07) is 39.6. The number of thiocarbonyl (C=S) groups is 1. The average molecular weight is 540 g/mol. The number of benzene rings is 4. The number of rotatable bonds is 5. The van der Waals surface area contributed by atoms with Crippen LogP contribution in [0, 0.1) is 6.92 Å². The van der Waals surface area contributed by atoms with Crippen LogP contribution in [0.15, 0.2) is 127 Å². The van der Waals surface area contributed by atoms with Crippen molar-refractivity contribution in [3.8, 4) is 28.2 Å². The van der Waals surface area contributed by atoms with Gasteiger partial charge in [0.25, 0.3) is 11.8 Å². The van der Waals surface area contributed by atoms with Crippen LogP contribution in [-0.2, 0) is 9.59 Å². The van der Waals surface area contributed by atoms with Gasteiger partial charge in [0.05, 0.1) is 17.1 Å². The van der Waals surface area contributed by atoms with Crippen molar-refractivity contribution in [1.29, 1.82) is 0 Å². The number of carbonyl (C=O) groups excluding carboxylic acids is 2. The van der Waals surface area contributed by atoms with E-state index >= 15 is 0 Å². The molecular weight excluding hydrogens is 514 g/mol. The minimum absolute atomic E-state index is 0.0104. The van der Waals surface area contributed by atoms with Crippen molar-refractivity contribution < 1.29 is 9.59 Å². The number of hydrogen-bond donors (Lipinski definition) is 1. The van der Waals surface area contributed by atoms with Crippen LogP contribution in [0.4, 0.5) is 5.69 Å². The molecule has 1 fully saturated rings. The van der Waals surface area contributed by atoms with Gasteiger partial charge in [-0.3, -0.25) is 19.8 Å². The Hall–Kier alpha value is -5.07. The van der Waals surface area contributed by atoms with E-state index in [9.17, 15) is 9.59 Å². The van der Waals surface area contributed by atoms with Gasteiger partial charge < -0.3 is 4.57 Å². The Kier molecular flexibility index (Phi) is 6.68. The van der Waals surface area contributed by atoms with Crippen molar-refractivity contribution in [1.82, 2.24) is 9.88 Å². The molecule has 2 heterocycles. The van der Waals surface area contributed by atoms with Gasteiger partial charge in [-0.2, -0.15) is 0 Å². The first-order chi connectivity index (χ1) is 19.5. The van der Waals surface area contributed by atoms with Crippen LogP contribution in [0.1, 0.15) is 11.1 Å². The molecule has 0 radical (unpaired) electrons. The van der Waals surface area contributed by atoms with Crippen LogP contribution >= 0.6 is 12.2 Å².